The summed E-state index contributed by atoms with van der Waals surface area (Å²) in [5, 5.41) is 0. The van der Waals surface area contributed by atoms with Crippen LogP contribution in [0.25, 0.3) is 0 Å². The van der Waals surface area contributed by atoms with Crippen LogP contribution in [0.2, 0.25) is 6.85 Å². The minimum atomic E-state index is -0.525. The molecule has 2 rings (SSSR count). The standard InChI is InChI=1S/C8H12O.2Hg.2HI/c1-3-7-5-2-6-8(4-1)9-7;;;;/h3,6-8H,1-2,4-5H2;;;2*1H/q;2*+1;;/p-2. The molecule has 2 aliphatic heterocycles. The Morgan fingerprint density at radius 1 is 0.846 bits per heavy atom. The van der Waals surface area contributed by atoms with E-state index in [1.807, 2.05) is 0 Å². The van der Waals surface area contributed by atoms with Crippen molar-refractivity contribution in [3.63, 3.8) is 0 Å². The van der Waals surface area contributed by atoms with Gasteiger partial charge in [-0.05, 0) is 0 Å². The normalized spacial score (nSPS) is 43.5. The third kappa shape index (κ3) is 3.15. The van der Waals surface area contributed by atoms with Crippen LogP contribution < -0.4 is 0 Å². The zero-order chi connectivity index (χ0) is 9.26. The van der Waals surface area contributed by atoms with Gasteiger partial charge in [0.1, 0.15) is 0 Å². The van der Waals surface area contributed by atoms with Crippen molar-refractivity contribution in [1.82, 2.24) is 0 Å². The third-order valence-electron chi connectivity index (χ3n) is 3.44. The van der Waals surface area contributed by atoms with Crippen LogP contribution in [0.3, 0.4) is 0 Å². The van der Waals surface area contributed by atoms with Gasteiger partial charge in [0.15, 0.2) is 0 Å². The van der Waals surface area contributed by atoms with E-state index < -0.39 is 40.5 Å². The molecular formula is C8H12Hg2I2O. The van der Waals surface area contributed by atoms with Crippen LogP contribution in [0.4, 0.5) is 0 Å². The van der Waals surface area contributed by atoms with Crippen molar-refractivity contribution in [2.24, 2.45) is 0 Å². The second-order valence-electron chi connectivity index (χ2n) is 4.20. The molecule has 4 atom stereocenters. The summed E-state index contributed by atoms with van der Waals surface area (Å²) in [7, 11) is 0. The zero-order valence-electron chi connectivity index (χ0n) is 7.72. The molecule has 13 heavy (non-hydrogen) atoms. The molecule has 0 spiro atoms. The summed E-state index contributed by atoms with van der Waals surface area (Å²) < 4.78 is 8.43. The fourth-order valence-corrected chi connectivity index (χ4v) is 27.5. The number of ether oxygens (including phenoxy) is 1. The number of hydrogen-bond donors (Lipinski definition) is 0. The predicted octanol–water partition coefficient (Wildman–Crippen LogP) is 3.77. The molecule has 0 radical (unpaired) electrons. The number of fused-ring (bicyclic) bond motifs is 2. The molecule has 2 aliphatic rings. The topological polar surface area (TPSA) is 9.23 Å². The van der Waals surface area contributed by atoms with Crippen molar-refractivity contribution in [2.75, 3.05) is 0 Å². The van der Waals surface area contributed by atoms with Crippen LogP contribution in [0.5, 0.6) is 0 Å². The molecule has 68 valence electrons. The number of halogens is 2. The van der Waals surface area contributed by atoms with E-state index in [4.69, 9.17) is 4.74 Å². The Bertz CT molecular complexity index is 164. The van der Waals surface area contributed by atoms with Gasteiger partial charge in [-0.15, -0.1) is 0 Å². The quantitative estimate of drug-likeness (QED) is 0.307. The molecule has 2 fully saturated rings. The molecule has 0 aromatic carbocycles. The first-order chi connectivity index (χ1) is 6.35. The monoisotopic (exact) mass is 782 g/mol. The molecule has 4 unspecified atom stereocenters. The van der Waals surface area contributed by atoms with Gasteiger partial charge in [-0.3, -0.25) is 0 Å². The SMILES string of the molecule is [I][Hg][CH]1CCC2OC1CC[CH]2[Hg][I]. The number of rotatable bonds is 2. The first kappa shape index (κ1) is 12.7. The van der Waals surface area contributed by atoms with E-state index in [1.165, 1.54) is 12.8 Å². The van der Waals surface area contributed by atoms with E-state index >= 15 is 0 Å². The van der Waals surface area contributed by atoms with Crippen LogP contribution in [0.1, 0.15) is 25.7 Å². The zero-order valence-corrected chi connectivity index (χ0v) is 23.0. The molecular weight excluding hydrogens is 767 g/mol. The van der Waals surface area contributed by atoms with E-state index in [9.17, 15) is 0 Å². The van der Waals surface area contributed by atoms with Crippen molar-refractivity contribution in [3.05, 3.63) is 0 Å². The molecule has 0 aromatic heterocycles. The van der Waals surface area contributed by atoms with Crippen LogP contribution in [0, 0.1) is 0 Å². The Balaban J connectivity index is 1.96. The van der Waals surface area contributed by atoms with Crippen molar-refractivity contribution < 1.29 is 45.2 Å². The molecule has 0 saturated carbocycles. The maximum atomic E-state index is 6.23. The van der Waals surface area contributed by atoms with Crippen molar-refractivity contribution >= 4 is 35.3 Å². The predicted molar refractivity (Wildman–Crippen MR) is 62.7 cm³/mol. The fraction of sp³-hybridized carbons (Fsp3) is 1.00. The molecule has 0 aromatic rings. The van der Waals surface area contributed by atoms with Crippen molar-refractivity contribution in [1.29, 1.82) is 0 Å². The summed E-state index contributed by atoms with van der Waals surface area (Å²) >= 11 is 4.44. The van der Waals surface area contributed by atoms with Crippen LogP contribution in [-0.2, 0) is 45.2 Å². The Morgan fingerprint density at radius 2 is 1.31 bits per heavy atom. The van der Waals surface area contributed by atoms with Gasteiger partial charge in [-0.25, -0.2) is 0 Å². The van der Waals surface area contributed by atoms with Gasteiger partial charge >= 0.3 is 125 Å². The van der Waals surface area contributed by atoms with Crippen molar-refractivity contribution in [3.8, 4) is 0 Å². The molecule has 0 amide bonds. The van der Waals surface area contributed by atoms with E-state index in [0.29, 0.717) is 0 Å². The first-order valence-corrected chi connectivity index (χ1v) is 42.4. The Morgan fingerprint density at radius 3 is 1.69 bits per heavy atom. The summed E-state index contributed by atoms with van der Waals surface area (Å²) in [6.45, 7) is 0. The minimum absolute atomic E-state index is 0.525. The Hall–Kier alpha value is 3.29. The maximum absolute atomic E-state index is 6.23. The van der Waals surface area contributed by atoms with Gasteiger partial charge in [0.05, 0.1) is 0 Å². The molecule has 2 bridgehead atoms. The van der Waals surface area contributed by atoms with E-state index in [1.54, 1.807) is 12.8 Å². The summed E-state index contributed by atoms with van der Waals surface area (Å²) in [4.78, 5) is 0. The van der Waals surface area contributed by atoms with E-state index in [2.05, 4.69) is 35.3 Å². The van der Waals surface area contributed by atoms with Gasteiger partial charge in [0, 0.05) is 0 Å². The second kappa shape index (κ2) is 6.28. The summed E-state index contributed by atoms with van der Waals surface area (Å²) in [6, 6.07) is 0. The van der Waals surface area contributed by atoms with Gasteiger partial charge in [-0.2, -0.15) is 0 Å². The Kier molecular flexibility index (Phi) is 6.16. The van der Waals surface area contributed by atoms with E-state index in [-0.39, 0.29) is 0 Å². The van der Waals surface area contributed by atoms with E-state index in [0.717, 1.165) is 19.1 Å². The van der Waals surface area contributed by atoms with Crippen LogP contribution in [-0.4, -0.2) is 12.2 Å². The van der Waals surface area contributed by atoms with Crippen molar-refractivity contribution in [2.45, 2.75) is 44.7 Å². The second-order valence-corrected chi connectivity index (χ2v) is 30.2. The molecule has 2 saturated heterocycles. The molecule has 0 N–H and O–H groups in total. The van der Waals surface area contributed by atoms with Crippen LogP contribution in [0.15, 0.2) is 0 Å². The van der Waals surface area contributed by atoms with Gasteiger partial charge in [-0.1, -0.05) is 0 Å². The van der Waals surface area contributed by atoms with Gasteiger partial charge in [0.25, 0.3) is 0 Å². The van der Waals surface area contributed by atoms with Crippen LogP contribution >= 0.6 is 35.3 Å². The first-order valence-electron chi connectivity index (χ1n) is 5.12. The Labute approximate surface area is 122 Å². The summed E-state index contributed by atoms with van der Waals surface area (Å²) in [5.74, 6) is 0. The molecule has 1 nitrogen and oxygen atoms in total. The summed E-state index contributed by atoms with van der Waals surface area (Å²) in [5.41, 5.74) is 0. The average molecular weight is 779 g/mol. The summed E-state index contributed by atoms with van der Waals surface area (Å²) in [6.07, 6.45) is 7.42. The third-order valence-corrected chi connectivity index (χ3v) is 33.6. The molecule has 2 heterocycles. The number of hydrogen-bond acceptors (Lipinski definition) is 1. The van der Waals surface area contributed by atoms with Gasteiger partial charge in [0.2, 0.25) is 0 Å². The fourth-order valence-electron chi connectivity index (χ4n) is 2.54. The molecule has 0 aliphatic carbocycles. The molecule has 5 heteroatoms. The average Bonchev–Trinajstić information content (AvgIpc) is 2.19. The van der Waals surface area contributed by atoms with Gasteiger partial charge < -0.3 is 0 Å².